The van der Waals surface area contributed by atoms with Crippen molar-refractivity contribution in [3.63, 3.8) is 0 Å². The first kappa shape index (κ1) is 13.3. The maximum absolute atomic E-state index is 5.91. The number of nitrogens with two attached hydrogens (primary N) is 1. The summed E-state index contributed by atoms with van der Waals surface area (Å²) >= 11 is 0. The molecular formula is C14H23N3O. The summed E-state index contributed by atoms with van der Waals surface area (Å²) in [7, 11) is 1.78. The van der Waals surface area contributed by atoms with Gasteiger partial charge in [0, 0.05) is 39.0 Å². The van der Waals surface area contributed by atoms with Gasteiger partial charge in [0.25, 0.3) is 0 Å². The van der Waals surface area contributed by atoms with Crippen LogP contribution in [0.1, 0.15) is 31.4 Å². The zero-order chi connectivity index (χ0) is 13.0. The van der Waals surface area contributed by atoms with Gasteiger partial charge in [0.15, 0.2) is 0 Å². The third kappa shape index (κ3) is 3.21. The number of hydrogen-bond donors (Lipinski definition) is 1. The Labute approximate surface area is 109 Å². The molecule has 0 amide bonds. The first-order chi connectivity index (χ1) is 8.70. The standard InChI is InChI=1S/C14H23N3O/c1-11(15)13-3-6-16-14(9-13)17-7-4-12(5-8-17)10-18-2/h3,6,9,11-12H,4-5,7-8,10,15H2,1-2H3. The molecule has 4 nitrogen and oxygen atoms in total. The molecule has 100 valence electrons. The number of nitrogens with zero attached hydrogens (tertiary/aromatic N) is 2. The summed E-state index contributed by atoms with van der Waals surface area (Å²) in [4.78, 5) is 6.80. The van der Waals surface area contributed by atoms with E-state index in [4.69, 9.17) is 10.5 Å². The average molecular weight is 249 g/mol. The van der Waals surface area contributed by atoms with Gasteiger partial charge in [0.05, 0.1) is 0 Å². The molecule has 1 aliphatic heterocycles. The molecule has 0 bridgehead atoms. The highest BCUT2D eigenvalue weighted by atomic mass is 16.5. The topological polar surface area (TPSA) is 51.4 Å². The molecule has 0 saturated carbocycles. The molecular weight excluding hydrogens is 226 g/mol. The Morgan fingerprint density at radius 3 is 2.83 bits per heavy atom. The maximum Gasteiger partial charge on any atom is 0.128 e. The molecule has 0 radical (unpaired) electrons. The molecule has 1 saturated heterocycles. The van der Waals surface area contributed by atoms with Crippen LogP contribution in [0.4, 0.5) is 5.82 Å². The average Bonchev–Trinajstić information content (AvgIpc) is 2.40. The zero-order valence-corrected chi connectivity index (χ0v) is 11.3. The predicted molar refractivity (Wildman–Crippen MR) is 73.7 cm³/mol. The van der Waals surface area contributed by atoms with Crippen molar-refractivity contribution in [2.24, 2.45) is 11.7 Å². The molecule has 2 N–H and O–H groups in total. The van der Waals surface area contributed by atoms with Gasteiger partial charge in [-0.1, -0.05) is 0 Å². The van der Waals surface area contributed by atoms with Crippen LogP contribution in [0.25, 0.3) is 0 Å². The zero-order valence-electron chi connectivity index (χ0n) is 11.3. The van der Waals surface area contributed by atoms with Crippen LogP contribution < -0.4 is 10.6 Å². The summed E-state index contributed by atoms with van der Waals surface area (Å²) in [6.07, 6.45) is 4.21. The summed E-state index contributed by atoms with van der Waals surface area (Å²) in [5.74, 6) is 1.75. The lowest BCUT2D eigenvalue weighted by atomic mass is 9.97. The second-order valence-electron chi connectivity index (χ2n) is 5.12. The van der Waals surface area contributed by atoms with Crippen molar-refractivity contribution in [3.8, 4) is 0 Å². The van der Waals surface area contributed by atoms with Crippen LogP contribution in [-0.2, 0) is 4.74 Å². The summed E-state index contributed by atoms with van der Waals surface area (Å²) < 4.78 is 5.22. The number of pyridine rings is 1. The predicted octanol–water partition coefficient (Wildman–Crippen LogP) is 1.96. The van der Waals surface area contributed by atoms with E-state index in [9.17, 15) is 0 Å². The smallest absolute Gasteiger partial charge is 0.128 e. The Balaban J connectivity index is 1.98. The molecule has 1 aromatic rings. The van der Waals surface area contributed by atoms with Gasteiger partial charge in [-0.25, -0.2) is 4.98 Å². The van der Waals surface area contributed by atoms with Gasteiger partial charge < -0.3 is 15.4 Å². The van der Waals surface area contributed by atoms with Crippen molar-refractivity contribution in [2.45, 2.75) is 25.8 Å². The monoisotopic (exact) mass is 249 g/mol. The van der Waals surface area contributed by atoms with Gasteiger partial charge in [-0.2, -0.15) is 0 Å². The van der Waals surface area contributed by atoms with E-state index in [2.05, 4.69) is 16.0 Å². The number of hydrogen-bond acceptors (Lipinski definition) is 4. The second kappa shape index (κ2) is 6.16. The third-order valence-corrected chi connectivity index (χ3v) is 3.64. The number of ether oxygens (including phenoxy) is 1. The first-order valence-corrected chi connectivity index (χ1v) is 6.66. The fraction of sp³-hybridized carbons (Fsp3) is 0.643. The normalized spacial score (nSPS) is 18.9. The van der Waals surface area contributed by atoms with Gasteiger partial charge in [0.2, 0.25) is 0 Å². The number of methoxy groups -OCH3 is 1. The van der Waals surface area contributed by atoms with E-state index < -0.39 is 0 Å². The molecule has 0 spiro atoms. The van der Waals surface area contributed by atoms with Crippen LogP contribution >= 0.6 is 0 Å². The Bertz CT molecular complexity index is 373. The Hall–Kier alpha value is -1.13. The largest absolute Gasteiger partial charge is 0.384 e. The first-order valence-electron chi connectivity index (χ1n) is 6.66. The van der Waals surface area contributed by atoms with Crippen LogP contribution in [0.2, 0.25) is 0 Å². The number of aromatic nitrogens is 1. The number of piperidine rings is 1. The lowest BCUT2D eigenvalue weighted by Gasteiger charge is -2.32. The molecule has 1 unspecified atom stereocenters. The van der Waals surface area contributed by atoms with Crippen molar-refractivity contribution in [1.82, 2.24) is 4.98 Å². The van der Waals surface area contributed by atoms with E-state index in [-0.39, 0.29) is 6.04 Å². The van der Waals surface area contributed by atoms with Gasteiger partial charge >= 0.3 is 0 Å². The van der Waals surface area contributed by atoms with Gasteiger partial charge in [-0.05, 0) is 43.4 Å². The molecule has 2 rings (SSSR count). The van der Waals surface area contributed by atoms with Gasteiger partial charge in [0.1, 0.15) is 5.82 Å². The van der Waals surface area contributed by atoms with Crippen LogP contribution in [0.5, 0.6) is 0 Å². The summed E-state index contributed by atoms with van der Waals surface area (Å²) in [5.41, 5.74) is 7.06. The maximum atomic E-state index is 5.91. The highest BCUT2D eigenvalue weighted by Crippen LogP contribution is 2.23. The van der Waals surface area contributed by atoms with E-state index in [0.717, 1.165) is 31.1 Å². The van der Waals surface area contributed by atoms with Crippen molar-refractivity contribution < 1.29 is 4.74 Å². The van der Waals surface area contributed by atoms with Crippen molar-refractivity contribution in [1.29, 1.82) is 0 Å². The van der Waals surface area contributed by atoms with E-state index in [1.54, 1.807) is 7.11 Å². The molecule has 1 aliphatic rings. The van der Waals surface area contributed by atoms with E-state index in [0.29, 0.717) is 5.92 Å². The highest BCUT2D eigenvalue weighted by Gasteiger charge is 2.20. The lowest BCUT2D eigenvalue weighted by Crippen LogP contribution is -2.35. The lowest BCUT2D eigenvalue weighted by molar-refractivity contribution is 0.139. The van der Waals surface area contributed by atoms with Crippen molar-refractivity contribution in [3.05, 3.63) is 23.9 Å². The van der Waals surface area contributed by atoms with E-state index >= 15 is 0 Å². The molecule has 1 aromatic heterocycles. The molecule has 1 atom stereocenters. The molecule has 1 fully saturated rings. The Morgan fingerprint density at radius 2 is 2.22 bits per heavy atom. The van der Waals surface area contributed by atoms with Crippen LogP contribution in [0, 0.1) is 5.92 Å². The quantitative estimate of drug-likeness (QED) is 0.886. The van der Waals surface area contributed by atoms with Crippen molar-refractivity contribution >= 4 is 5.82 Å². The Morgan fingerprint density at radius 1 is 1.50 bits per heavy atom. The second-order valence-corrected chi connectivity index (χ2v) is 5.12. The van der Waals surface area contributed by atoms with E-state index in [1.807, 2.05) is 19.2 Å². The fourth-order valence-corrected chi connectivity index (χ4v) is 2.45. The molecule has 0 aromatic carbocycles. The summed E-state index contributed by atoms with van der Waals surface area (Å²) in [6.45, 7) is 5.00. The summed E-state index contributed by atoms with van der Waals surface area (Å²) in [6, 6.07) is 4.17. The van der Waals surface area contributed by atoms with Gasteiger partial charge in [-0.3, -0.25) is 0 Å². The van der Waals surface area contributed by atoms with Crippen LogP contribution in [0.3, 0.4) is 0 Å². The minimum absolute atomic E-state index is 0.0674. The highest BCUT2D eigenvalue weighted by molar-refractivity contribution is 5.42. The van der Waals surface area contributed by atoms with E-state index in [1.165, 1.54) is 12.8 Å². The van der Waals surface area contributed by atoms with Crippen LogP contribution in [0.15, 0.2) is 18.3 Å². The van der Waals surface area contributed by atoms with Crippen molar-refractivity contribution in [2.75, 3.05) is 31.7 Å². The minimum Gasteiger partial charge on any atom is -0.384 e. The minimum atomic E-state index is 0.0674. The third-order valence-electron chi connectivity index (χ3n) is 3.64. The molecule has 18 heavy (non-hydrogen) atoms. The Kier molecular flexibility index (Phi) is 4.55. The van der Waals surface area contributed by atoms with Crippen LogP contribution in [-0.4, -0.2) is 31.8 Å². The fourth-order valence-electron chi connectivity index (χ4n) is 2.45. The summed E-state index contributed by atoms with van der Waals surface area (Å²) in [5, 5.41) is 0. The molecule has 0 aliphatic carbocycles. The number of anilines is 1. The SMILES string of the molecule is COCC1CCN(c2cc(C(C)N)ccn2)CC1. The van der Waals surface area contributed by atoms with Gasteiger partial charge in [-0.15, -0.1) is 0 Å². The molecule has 4 heteroatoms. The number of rotatable bonds is 4. The molecule has 2 heterocycles.